The van der Waals surface area contributed by atoms with E-state index in [4.69, 9.17) is 0 Å². The van der Waals surface area contributed by atoms with Crippen LogP contribution >= 0.6 is 0 Å². The van der Waals surface area contributed by atoms with E-state index in [2.05, 4.69) is 5.32 Å². The zero-order valence-corrected chi connectivity index (χ0v) is 11.6. The van der Waals surface area contributed by atoms with Gasteiger partial charge in [-0.1, -0.05) is 12.1 Å². The molecule has 0 radical (unpaired) electrons. The number of unbranched alkanes of at least 4 members (excludes halogenated alkanes) is 1. The van der Waals surface area contributed by atoms with Crippen LogP contribution in [0.2, 0.25) is 0 Å². The minimum atomic E-state index is -4.75. The molecule has 3 nitrogen and oxygen atoms in total. The van der Waals surface area contributed by atoms with Crippen LogP contribution in [0, 0.1) is 0 Å². The Morgan fingerprint density at radius 1 is 1.10 bits per heavy atom. The highest BCUT2D eigenvalue weighted by atomic mass is 32.2. The molecular weight excluding hydrogens is 317 g/mol. The summed E-state index contributed by atoms with van der Waals surface area (Å²) in [4.78, 5) is -0.559. The minimum Gasteiger partial charge on any atom is -0.384 e. The number of halogens is 5. The molecule has 0 unspecified atom stereocenters. The van der Waals surface area contributed by atoms with E-state index < -0.39 is 33.1 Å². The summed E-state index contributed by atoms with van der Waals surface area (Å²) in [5.74, 6) is -3.55. The highest BCUT2D eigenvalue weighted by Gasteiger charge is 2.29. The van der Waals surface area contributed by atoms with E-state index in [0.717, 1.165) is 6.07 Å². The van der Waals surface area contributed by atoms with Gasteiger partial charge < -0.3 is 5.32 Å². The largest absolute Gasteiger partial charge is 0.389 e. The van der Waals surface area contributed by atoms with Gasteiger partial charge in [0.05, 0.1) is 10.6 Å². The standard InChI is InChI=1S/C12H14F5NO2S/c13-11(14)21(19,20)10-6-2-1-5-9(10)18-8-4-3-7-12(15,16)17/h1-2,5-6,11,18H,3-4,7-8H2. The summed E-state index contributed by atoms with van der Waals surface area (Å²) >= 11 is 0. The third kappa shape index (κ3) is 5.49. The number of hydrogen-bond acceptors (Lipinski definition) is 3. The Hall–Kier alpha value is -1.38. The van der Waals surface area contributed by atoms with E-state index in [1.807, 2.05) is 0 Å². The molecule has 0 atom stereocenters. The average molecular weight is 331 g/mol. The molecule has 0 heterocycles. The van der Waals surface area contributed by atoms with Gasteiger partial charge in [0.1, 0.15) is 0 Å². The number of anilines is 1. The van der Waals surface area contributed by atoms with E-state index >= 15 is 0 Å². The van der Waals surface area contributed by atoms with Crippen LogP contribution in [0.4, 0.5) is 27.6 Å². The van der Waals surface area contributed by atoms with Crippen molar-refractivity contribution in [1.29, 1.82) is 0 Å². The molecule has 1 N–H and O–H groups in total. The van der Waals surface area contributed by atoms with Crippen LogP contribution in [0.5, 0.6) is 0 Å². The first-order valence-electron chi connectivity index (χ1n) is 6.06. The van der Waals surface area contributed by atoms with Crippen LogP contribution in [-0.2, 0) is 9.84 Å². The van der Waals surface area contributed by atoms with Gasteiger partial charge in [-0.2, -0.15) is 22.0 Å². The van der Waals surface area contributed by atoms with E-state index in [1.165, 1.54) is 18.2 Å². The summed E-state index contributed by atoms with van der Waals surface area (Å²) in [6.45, 7) is 0.0614. The van der Waals surface area contributed by atoms with Crippen LogP contribution in [0.15, 0.2) is 29.2 Å². The van der Waals surface area contributed by atoms with Crippen molar-refractivity contribution in [3.8, 4) is 0 Å². The maximum Gasteiger partial charge on any atom is 0.389 e. The van der Waals surface area contributed by atoms with Gasteiger partial charge in [0.25, 0.3) is 0 Å². The molecule has 21 heavy (non-hydrogen) atoms. The van der Waals surface area contributed by atoms with Crippen molar-refractivity contribution < 1.29 is 30.4 Å². The molecule has 0 aliphatic rings. The molecule has 0 amide bonds. The van der Waals surface area contributed by atoms with Gasteiger partial charge in [0, 0.05) is 13.0 Å². The average Bonchev–Trinajstić information content (AvgIpc) is 2.37. The summed E-state index contributed by atoms with van der Waals surface area (Å²) in [5, 5.41) is 2.58. The normalized spacial score (nSPS) is 12.7. The van der Waals surface area contributed by atoms with E-state index in [9.17, 15) is 30.4 Å². The predicted octanol–water partition coefficient (Wildman–Crippen LogP) is 3.83. The van der Waals surface area contributed by atoms with Crippen molar-refractivity contribution in [2.75, 3.05) is 11.9 Å². The zero-order valence-electron chi connectivity index (χ0n) is 10.8. The molecule has 0 aliphatic heterocycles. The molecule has 1 rings (SSSR count). The number of benzene rings is 1. The molecule has 0 aliphatic carbocycles. The van der Waals surface area contributed by atoms with Gasteiger partial charge >= 0.3 is 11.9 Å². The lowest BCUT2D eigenvalue weighted by Gasteiger charge is -2.12. The Kier molecular flexibility index (Phi) is 5.94. The molecule has 0 fully saturated rings. The Labute approximate surface area is 119 Å². The first kappa shape index (κ1) is 17.7. The summed E-state index contributed by atoms with van der Waals surface area (Å²) in [7, 11) is -4.75. The Morgan fingerprint density at radius 2 is 1.71 bits per heavy atom. The van der Waals surface area contributed by atoms with Gasteiger partial charge in [-0.05, 0) is 25.0 Å². The molecule has 0 saturated carbocycles. The first-order chi connectivity index (χ1) is 9.64. The van der Waals surface area contributed by atoms with Crippen molar-refractivity contribution in [2.24, 2.45) is 0 Å². The van der Waals surface area contributed by atoms with Gasteiger partial charge in [-0.25, -0.2) is 8.42 Å². The molecule has 120 valence electrons. The lowest BCUT2D eigenvalue weighted by Crippen LogP contribution is -2.15. The summed E-state index contributed by atoms with van der Waals surface area (Å²) in [6, 6.07) is 5.06. The van der Waals surface area contributed by atoms with Crippen molar-refractivity contribution in [3.63, 3.8) is 0 Å². The number of nitrogens with one attached hydrogen (secondary N) is 1. The minimum absolute atomic E-state index is 0.0372. The van der Waals surface area contributed by atoms with Gasteiger partial charge in [0.15, 0.2) is 0 Å². The third-order valence-corrected chi connectivity index (χ3v) is 4.07. The van der Waals surface area contributed by atoms with Crippen molar-refractivity contribution in [3.05, 3.63) is 24.3 Å². The smallest absolute Gasteiger partial charge is 0.384 e. The predicted molar refractivity (Wildman–Crippen MR) is 68.0 cm³/mol. The fourth-order valence-electron chi connectivity index (χ4n) is 1.63. The van der Waals surface area contributed by atoms with Crippen LogP contribution in [0.3, 0.4) is 0 Å². The molecule has 0 aromatic heterocycles. The number of sulfone groups is 1. The number of rotatable bonds is 7. The van der Waals surface area contributed by atoms with Crippen LogP contribution in [0.25, 0.3) is 0 Å². The lowest BCUT2D eigenvalue weighted by atomic mass is 10.2. The van der Waals surface area contributed by atoms with Crippen molar-refractivity contribution in [2.45, 2.75) is 36.1 Å². The molecular formula is C12H14F5NO2S. The first-order valence-corrected chi connectivity index (χ1v) is 7.61. The summed E-state index contributed by atoms with van der Waals surface area (Å²) in [5.41, 5.74) is -0.0372. The highest BCUT2D eigenvalue weighted by Crippen LogP contribution is 2.26. The monoisotopic (exact) mass is 331 g/mol. The molecule has 9 heteroatoms. The fraction of sp³-hybridized carbons (Fsp3) is 0.500. The second kappa shape index (κ2) is 7.06. The number of hydrogen-bond donors (Lipinski definition) is 1. The maximum atomic E-state index is 12.5. The van der Waals surface area contributed by atoms with E-state index in [1.54, 1.807) is 0 Å². The Morgan fingerprint density at radius 3 is 2.29 bits per heavy atom. The third-order valence-electron chi connectivity index (χ3n) is 2.63. The van der Waals surface area contributed by atoms with Crippen LogP contribution in [0.1, 0.15) is 19.3 Å². The fourth-order valence-corrected chi connectivity index (χ4v) is 2.54. The van der Waals surface area contributed by atoms with E-state index in [-0.39, 0.29) is 25.1 Å². The molecule has 0 bridgehead atoms. The molecule has 0 spiro atoms. The van der Waals surface area contributed by atoms with Crippen LogP contribution in [-0.4, -0.2) is 26.9 Å². The van der Waals surface area contributed by atoms with Crippen molar-refractivity contribution >= 4 is 15.5 Å². The van der Waals surface area contributed by atoms with E-state index in [0.29, 0.717) is 0 Å². The second-order valence-corrected chi connectivity index (χ2v) is 6.19. The summed E-state index contributed by atoms with van der Waals surface area (Å²) < 4.78 is 83.7. The number of para-hydroxylation sites is 1. The lowest BCUT2D eigenvalue weighted by molar-refractivity contribution is -0.135. The summed E-state index contributed by atoms with van der Waals surface area (Å²) in [6.07, 6.45) is -5.16. The number of alkyl halides is 5. The highest BCUT2D eigenvalue weighted by molar-refractivity contribution is 7.91. The zero-order chi connectivity index (χ0) is 16.1. The molecule has 1 aromatic carbocycles. The second-order valence-electron chi connectivity index (χ2n) is 4.30. The van der Waals surface area contributed by atoms with Gasteiger partial charge in [-0.15, -0.1) is 0 Å². The van der Waals surface area contributed by atoms with Gasteiger partial charge in [-0.3, -0.25) is 0 Å². The Balaban J connectivity index is 2.65. The maximum absolute atomic E-state index is 12.5. The van der Waals surface area contributed by atoms with Crippen molar-refractivity contribution in [1.82, 2.24) is 0 Å². The van der Waals surface area contributed by atoms with Crippen LogP contribution < -0.4 is 5.32 Å². The SMILES string of the molecule is O=S(=O)(c1ccccc1NCCCCC(F)(F)F)C(F)F. The molecule has 0 saturated heterocycles. The molecule has 1 aromatic rings. The Bertz CT molecular complexity index is 557. The van der Waals surface area contributed by atoms with Gasteiger partial charge in [0.2, 0.25) is 9.84 Å². The quantitative estimate of drug-likeness (QED) is 0.610. The topological polar surface area (TPSA) is 46.2 Å².